The summed E-state index contributed by atoms with van der Waals surface area (Å²) in [5.41, 5.74) is 0. The molecule has 5 heteroatoms. The summed E-state index contributed by atoms with van der Waals surface area (Å²) in [6.07, 6.45) is 2.86. The number of nitrogens with zero attached hydrogens (tertiary/aromatic N) is 2. The molecule has 2 fully saturated rings. The molecule has 1 atom stereocenters. The summed E-state index contributed by atoms with van der Waals surface area (Å²) in [4.78, 5) is 16.4. The van der Waals surface area contributed by atoms with Crippen LogP contribution in [0.4, 0.5) is 0 Å². The fourth-order valence-corrected chi connectivity index (χ4v) is 2.60. The fraction of sp³-hybridized carbons (Fsp3) is 0.769. The third-order valence-electron chi connectivity index (χ3n) is 3.64. The molecule has 0 radical (unpaired) electrons. The van der Waals surface area contributed by atoms with Gasteiger partial charge in [-0.2, -0.15) is 0 Å². The van der Waals surface area contributed by atoms with Crippen molar-refractivity contribution in [2.24, 2.45) is 0 Å². The minimum absolute atomic E-state index is 0.201. The van der Waals surface area contributed by atoms with Gasteiger partial charge in [0.05, 0.1) is 19.8 Å². The molecule has 2 aliphatic rings. The van der Waals surface area contributed by atoms with Crippen molar-refractivity contribution < 1.29 is 9.53 Å². The quantitative estimate of drug-likeness (QED) is 0.539. The topological polar surface area (TPSA) is 44.8 Å². The Balaban J connectivity index is 1.73. The lowest BCUT2D eigenvalue weighted by atomic mass is 10.2. The van der Waals surface area contributed by atoms with Crippen molar-refractivity contribution in [3.8, 4) is 0 Å². The molecule has 1 N–H and O–H groups in total. The van der Waals surface area contributed by atoms with E-state index in [1.54, 1.807) is 6.08 Å². The number of hydrogen-bond donors (Lipinski definition) is 1. The van der Waals surface area contributed by atoms with E-state index < -0.39 is 0 Å². The first kappa shape index (κ1) is 13.5. The molecule has 102 valence electrons. The van der Waals surface area contributed by atoms with Crippen LogP contribution in [0.3, 0.4) is 0 Å². The van der Waals surface area contributed by atoms with E-state index in [1.165, 1.54) is 0 Å². The molecule has 0 aromatic heterocycles. The standard InChI is InChI=1S/C13H23N3O2/c1-2-4-14-10-13(17)16-5-3-12(11-16)15-6-8-18-9-7-15/h2,12,14H,1,3-11H2. The number of carbonyl (C=O) groups excluding carboxylic acids is 1. The van der Waals surface area contributed by atoms with Crippen molar-refractivity contribution in [2.45, 2.75) is 12.5 Å². The molecule has 0 aromatic rings. The van der Waals surface area contributed by atoms with Gasteiger partial charge in [0.1, 0.15) is 0 Å². The molecule has 2 heterocycles. The van der Waals surface area contributed by atoms with E-state index >= 15 is 0 Å². The maximum absolute atomic E-state index is 11.9. The van der Waals surface area contributed by atoms with Crippen LogP contribution in [0.15, 0.2) is 12.7 Å². The zero-order valence-electron chi connectivity index (χ0n) is 10.9. The van der Waals surface area contributed by atoms with Crippen molar-refractivity contribution in [2.75, 3.05) is 52.5 Å². The number of nitrogens with one attached hydrogen (secondary N) is 1. The summed E-state index contributed by atoms with van der Waals surface area (Å²) in [5, 5.41) is 3.06. The highest BCUT2D eigenvalue weighted by Crippen LogP contribution is 2.16. The fourth-order valence-electron chi connectivity index (χ4n) is 2.60. The van der Waals surface area contributed by atoms with Gasteiger partial charge in [0.25, 0.3) is 0 Å². The van der Waals surface area contributed by atoms with E-state index in [0.717, 1.165) is 45.8 Å². The molecule has 0 aromatic carbocycles. The van der Waals surface area contributed by atoms with Gasteiger partial charge in [-0.3, -0.25) is 9.69 Å². The Kier molecular flexibility index (Phi) is 5.16. The van der Waals surface area contributed by atoms with E-state index in [1.807, 2.05) is 4.90 Å². The normalized spacial score (nSPS) is 25.3. The maximum Gasteiger partial charge on any atom is 0.236 e. The number of morpholine rings is 1. The van der Waals surface area contributed by atoms with Gasteiger partial charge in [0.2, 0.25) is 5.91 Å². The highest BCUT2D eigenvalue weighted by Gasteiger charge is 2.30. The number of rotatable bonds is 5. The van der Waals surface area contributed by atoms with E-state index in [2.05, 4.69) is 16.8 Å². The first-order valence-electron chi connectivity index (χ1n) is 6.72. The van der Waals surface area contributed by atoms with Gasteiger partial charge in [0.15, 0.2) is 0 Å². The predicted octanol–water partition coefficient (Wildman–Crippen LogP) is -0.305. The van der Waals surface area contributed by atoms with Gasteiger partial charge in [-0.15, -0.1) is 6.58 Å². The van der Waals surface area contributed by atoms with E-state index in [9.17, 15) is 4.79 Å². The van der Waals surface area contributed by atoms with Crippen molar-refractivity contribution >= 4 is 5.91 Å². The average molecular weight is 253 g/mol. The van der Waals surface area contributed by atoms with Crippen LogP contribution < -0.4 is 5.32 Å². The molecule has 2 saturated heterocycles. The molecule has 0 saturated carbocycles. The van der Waals surface area contributed by atoms with Crippen LogP contribution in [-0.2, 0) is 9.53 Å². The molecule has 0 bridgehead atoms. The summed E-state index contributed by atoms with van der Waals surface area (Å²) in [5.74, 6) is 0.201. The Labute approximate surface area is 109 Å². The summed E-state index contributed by atoms with van der Waals surface area (Å²) in [6.45, 7) is 10.1. The molecule has 0 aliphatic carbocycles. The van der Waals surface area contributed by atoms with Gasteiger partial charge >= 0.3 is 0 Å². The first-order chi connectivity index (χ1) is 8.81. The largest absolute Gasteiger partial charge is 0.379 e. The highest BCUT2D eigenvalue weighted by molar-refractivity contribution is 5.78. The molecular formula is C13H23N3O2. The Morgan fingerprint density at radius 2 is 2.17 bits per heavy atom. The maximum atomic E-state index is 11.9. The second-order valence-corrected chi connectivity index (χ2v) is 4.85. The van der Waals surface area contributed by atoms with Crippen LogP contribution in [-0.4, -0.2) is 74.2 Å². The van der Waals surface area contributed by atoms with Crippen LogP contribution in [0.25, 0.3) is 0 Å². The molecule has 2 aliphatic heterocycles. The van der Waals surface area contributed by atoms with Gasteiger partial charge < -0.3 is 15.0 Å². The second kappa shape index (κ2) is 6.87. The van der Waals surface area contributed by atoms with Gasteiger partial charge in [-0.1, -0.05) is 6.08 Å². The summed E-state index contributed by atoms with van der Waals surface area (Å²) >= 11 is 0. The summed E-state index contributed by atoms with van der Waals surface area (Å²) in [6, 6.07) is 0.525. The number of hydrogen-bond acceptors (Lipinski definition) is 4. The molecule has 2 rings (SSSR count). The molecular weight excluding hydrogens is 230 g/mol. The van der Waals surface area contributed by atoms with Crippen molar-refractivity contribution in [1.29, 1.82) is 0 Å². The zero-order chi connectivity index (χ0) is 12.8. The van der Waals surface area contributed by atoms with Crippen molar-refractivity contribution in [3.05, 3.63) is 12.7 Å². The average Bonchev–Trinajstić information content (AvgIpc) is 2.89. The monoisotopic (exact) mass is 253 g/mol. The third-order valence-corrected chi connectivity index (χ3v) is 3.64. The lowest BCUT2D eigenvalue weighted by molar-refractivity contribution is -0.129. The molecule has 1 amide bonds. The van der Waals surface area contributed by atoms with E-state index in [-0.39, 0.29) is 5.91 Å². The van der Waals surface area contributed by atoms with Crippen LogP contribution in [0, 0.1) is 0 Å². The molecule has 1 unspecified atom stereocenters. The number of ether oxygens (including phenoxy) is 1. The third kappa shape index (κ3) is 3.54. The number of likely N-dealkylation sites (tertiary alicyclic amines) is 1. The first-order valence-corrected chi connectivity index (χ1v) is 6.72. The molecule has 0 spiro atoms. The van der Waals surface area contributed by atoms with Crippen LogP contribution in [0.1, 0.15) is 6.42 Å². The van der Waals surface area contributed by atoms with E-state index in [4.69, 9.17) is 4.74 Å². The lowest BCUT2D eigenvalue weighted by Gasteiger charge is -2.32. The zero-order valence-corrected chi connectivity index (χ0v) is 10.9. The predicted molar refractivity (Wildman–Crippen MR) is 70.4 cm³/mol. The van der Waals surface area contributed by atoms with Gasteiger partial charge in [-0.25, -0.2) is 0 Å². The number of amides is 1. The van der Waals surface area contributed by atoms with Crippen molar-refractivity contribution in [3.63, 3.8) is 0 Å². The Bertz CT molecular complexity index is 290. The van der Waals surface area contributed by atoms with Crippen LogP contribution in [0.2, 0.25) is 0 Å². The summed E-state index contributed by atoms with van der Waals surface area (Å²) in [7, 11) is 0. The van der Waals surface area contributed by atoms with Gasteiger partial charge in [0, 0.05) is 38.8 Å². The second-order valence-electron chi connectivity index (χ2n) is 4.85. The molecule has 5 nitrogen and oxygen atoms in total. The smallest absolute Gasteiger partial charge is 0.236 e. The Morgan fingerprint density at radius 1 is 1.39 bits per heavy atom. The van der Waals surface area contributed by atoms with Gasteiger partial charge in [-0.05, 0) is 6.42 Å². The van der Waals surface area contributed by atoms with Crippen LogP contribution in [0.5, 0.6) is 0 Å². The Morgan fingerprint density at radius 3 is 2.89 bits per heavy atom. The highest BCUT2D eigenvalue weighted by atomic mass is 16.5. The SMILES string of the molecule is C=CCNCC(=O)N1CCC(N2CCOCC2)C1. The minimum Gasteiger partial charge on any atom is -0.379 e. The number of carbonyl (C=O) groups is 1. The lowest BCUT2D eigenvalue weighted by Crippen LogP contribution is -2.45. The van der Waals surface area contributed by atoms with Crippen molar-refractivity contribution in [1.82, 2.24) is 15.1 Å². The minimum atomic E-state index is 0.201. The Hall–Kier alpha value is -0.910. The molecule has 18 heavy (non-hydrogen) atoms. The van der Waals surface area contributed by atoms with E-state index in [0.29, 0.717) is 19.1 Å². The van der Waals surface area contributed by atoms with Crippen LogP contribution >= 0.6 is 0 Å². The summed E-state index contributed by atoms with van der Waals surface area (Å²) < 4.78 is 5.36.